The second kappa shape index (κ2) is 10.0. The van der Waals surface area contributed by atoms with E-state index in [2.05, 4.69) is 38.5 Å². The van der Waals surface area contributed by atoms with E-state index >= 15 is 0 Å². The van der Waals surface area contributed by atoms with Gasteiger partial charge in [0.2, 0.25) is 0 Å². The van der Waals surface area contributed by atoms with Crippen molar-refractivity contribution in [2.24, 2.45) is 0 Å². The zero-order chi connectivity index (χ0) is 19.1. The van der Waals surface area contributed by atoms with Gasteiger partial charge in [0, 0.05) is 54.6 Å². The van der Waals surface area contributed by atoms with E-state index < -0.39 is 0 Å². The largest absolute Gasteiger partial charge is 0.484 e. The summed E-state index contributed by atoms with van der Waals surface area (Å²) in [7, 11) is 1.90. The summed E-state index contributed by atoms with van der Waals surface area (Å²) in [6, 6.07) is 14.1. The molecule has 1 aromatic heterocycles. The molecule has 0 spiro atoms. The number of hydrogen-bond acceptors (Lipinski definition) is 4. The number of likely N-dealkylation sites (N-methyl/N-ethyl adjacent to an activating group) is 1. The summed E-state index contributed by atoms with van der Waals surface area (Å²) in [6.07, 6.45) is 4.84. The minimum absolute atomic E-state index is 0.0421. The fourth-order valence-electron chi connectivity index (χ4n) is 3.33. The molecule has 0 saturated carbocycles. The van der Waals surface area contributed by atoms with E-state index in [4.69, 9.17) is 4.74 Å². The zero-order valence-corrected chi connectivity index (χ0v) is 17.8. The van der Waals surface area contributed by atoms with Crippen LogP contribution < -0.4 is 4.74 Å². The Kier molecular flexibility index (Phi) is 7.46. The predicted molar refractivity (Wildman–Crippen MR) is 115 cm³/mol. The van der Waals surface area contributed by atoms with Crippen LogP contribution in [0.15, 0.2) is 48.7 Å². The van der Waals surface area contributed by atoms with Gasteiger partial charge < -0.3 is 14.5 Å². The summed E-state index contributed by atoms with van der Waals surface area (Å²) >= 11 is 2.25. The van der Waals surface area contributed by atoms with E-state index in [0.717, 1.165) is 53.9 Å². The fraction of sp³-hybridized carbons (Fsp3) is 0.429. The summed E-state index contributed by atoms with van der Waals surface area (Å²) in [5.41, 5.74) is 1.14. The molecule has 27 heavy (non-hydrogen) atoms. The molecule has 0 bridgehead atoms. The van der Waals surface area contributed by atoms with Gasteiger partial charge in [-0.2, -0.15) is 0 Å². The van der Waals surface area contributed by atoms with Crippen LogP contribution in [0.1, 0.15) is 18.5 Å². The number of nitrogens with zero attached hydrogens (tertiary/aromatic N) is 3. The molecule has 1 amide bonds. The number of piperidine rings is 1. The molecular weight excluding hydrogens is 453 g/mol. The third-order valence-electron chi connectivity index (χ3n) is 5.08. The number of likely N-dealkylation sites (tertiary alicyclic amines) is 1. The fourth-order valence-corrected chi connectivity index (χ4v) is 3.69. The van der Waals surface area contributed by atoms with Gasteiger partial charge in [0.15, 0.2) is 6.61 Å². The zero-order valence-electron chi connectivity index (χ0n) is 15.7. The smallest absolute Gasteiger partial charge is 0.260 e. The Morgan fingerprint density at radius 1 is 1.22 bits per heavy atom. The lowest BCUT2D eigenvalue weighted by atomic mass is 10.0. The van der Waals surface area contributed by atoms with Crippen LogP contribution in [0.4, 0.5) is 0 Å². The van der Waals surface area contributed by atoms with Crippen molar-refractivity contribution < 1.29 is 9.53 Å². The highest BCUT2D eigenvalue weighted by molar-refractivity contribution is 14.1. The average molecular weight is 479 g/mol. The molecule has 1 aromatic carbocycles. The van der Waals surface area contributed by atoms with Crippen molar-refractivity contribution in [1.29, 1.82) is 0 Å². The second-order valence-electron chi connectivity index (χ2n) is 6.89. The minimum Gasteiger partial charge on any atom is -0.484 e. The number of hydrogen-bond donors (Lipinski definition) is 0. The van der Waals surface area contributed by atoms with E-state index in [9.17, 15) is 4.79 Å². The van der Waals surface area contributed by atoms with Gasteiger partial charge in [0.05, 0.1) is 0 Å². The van der Waals surface area contributed by atoms with E-state index in [1.54, 1.807) is 0 Å². The topological polar surface area (TPSA) is 45.7 Å². The maximum Gasteiger partial charge on any atom is 0.260 e. The highest BCUT2D eigenvalue weighted by atomic mass is 127. The van der Waals surface area contributed by atoms with Crippen molar-refractivity contribution in [3.05, 3.63) is 57.9 Å². The Balaban J connectivity index is 1.39. The number of carbonyl (C=O) groups is 1. The van der Waals surface area contributed by atoms with E-state index in [0.29, 0.717) is 6.04 Å². The van der Waals surface area contributed by atoms with Gasteiger partial charge in [-0.1, -0.05) is 6.07 Å². The van der Waals surface area contributed by atoms with Crippen molar-refractivity contribution in [1.82, 2.24) is 14.8 Å². The standard InChI is InChI=1S/C21H26IN3O2/c1-24(21(26)16-27-20-7-5-17(22)6-8-20)19-10-14-25(15-11-19)13-9-18-4-2-3-12-23-18/h2-8,12,19H,9-11,13-16H2,1H3. The van der Waals surface area contributed by atoms with Gasteiger partial charge in [0.1, 0.15) is 5.75 Å². The molecule has 3 rings (SSSR count). The average Bonchev–Trinajstić information content (AvgIpc) is 2.72. The number of rotatable bonds is 7. The van der Waals surface area contributed by atoms with Crippen molar-refractivity contribution in [2.45, 2.75) is 25.3 Å². The van der Waals surface area contributed by atoms with Crippen molar-refractivity contribution in [3.63, 3.8) is 0 Å². The number of benzene rings is 1. The van der Waals surface area contributed by atoms with Crippen LogP contribution in [0.25, 0.3) is 0 Å². The lowest BCUT2D eigenvalue weighted by Gasteiger charge is -2.36. The van der Waals surface area contributed by atoms with Gasteiger partial charge in [-0.15, -0.1) is 0 Å². The number of carbonyl (C=O) groups excluding carboxylic acids is 1. The van der Waals surface area contributed by atoms with Crippen molar-refractivity contribution in [3.8, 4) is 5.75 Å². The molecule has 0 radical (unpaired) electrons. The second-order valence-corrected chi connectivity index (χ2v) is 8.14. The van der Waals surface area contributed by atoms with Crippen LogP contribution >= 0.6 is 22.6 Å². The van der Waals surface area contributed by atoms with Crippen LogP contribution in [0.2, 0.25) is 0 Å². The molecule has 0 N–H and O–H groups in total. The highest BCUT2D eigenvalue weighted by Crippen LogP contribution is 2.17. The molecule has 2 heterocycles. The molecule has 1 aliphatic rings. The van der Waals surface area contributed by atoms with Crippen LogP contribution in [-0.4, -0.2) is 60.0 Å². The summed E-state index contributed by atoms with van der Waals surface area (Å²) in [5, 5.41) is 0. The highest BCUT2D eigenvalue weighted by Gasteiger charge is 2.25. The number of pyridine rings is 1. The van der Waals surface area contributed by atoms with Gasteiger partial charge in [-0.25, -0.2) is 0 Å². The normalized spacial score (nSPS) is 15.5. The quantitative estimate of drug-likeness (QED) is 0.573. The molecule has 0 atom stereocenters. The Morgan fingerprint density at radius 3 is 2.63 bits per heavy atom. The maximum absolute atomic E-state index is 12.5. The summed E-state index contributed by atoms with van der Waals surface area (Å²) in [5.74, 6) is 0.780. The molecule has 1 fully saturated rings. The Bertz CT molecular complexity index is 716. The molecule has 2 aromatic rings. The molecule has 5 nitrogen and oxygen atoms in total. The molecule has 1 saturated heterocycles. The van der Waals surface area contributed by atoms with E-state index in [-0.39, 0.29) is 12.5 Å². The number of ether oxygens (including phenoxy) is 1. The summed E-state index contributed by atoms with van der Waals surface area (Å²) in [6.45, 7) is 3.16. The van der Waals surface area contributed by atoms with Crippen LogP contribution in [0.5, 0.6) is 5.75 Å². The van der Waals surface area contributed by atoms with Crippen LogP contribution in [0, 0.1) is 3.57 Å². The monoisotopic (exact) mass is 479 g/mol. The third-order valence-corrected chi connectivity index (χ3v) is 5.80. The first-order chi connectivity index (χ1) is 13.1. The van der Waals surface area contributed by atoms with Crippen molar-refractivity contribution in [2.75, 3.05) is 33.3 Å². The number of amides is 1. The summed E-state index contributed by atoms with van der Waals surface area (Å²) in [4.78, 5) is 21.2. The van der Waals surface area contributed by atoms with E-state index in [1.165, 1.54) is 0 Å². The van der Waals surface area contributed by atoms with Gasteiger partial charge in [-0.3, -0.25) is 9.78 Å². The molecule has 1 aliphatic heterocycles. The van der Waals surface area contributed by atoms with Crippen LogP contribution in [-0.2, 0) is 11.2 Å². The van der Waals surface area contributed by atoms with Gasteiger partial charge in [-0.05, 0) is 71.8 Å². The van der Waals surface area contributed by atoms with Gasteiger partial charge in [0.25, 0.3) is 5.91 Å². The molecule has 6 heteroatoms. The van der Waals surface area contributed by atoms with Gasteiger partial charge >= 0.3 is 0 Å². The molecule has 0 unspecified atom stereocenters. The molecule has 0 aliphatic carbocycles. The first kappa shape index (κ1) is 20.1. The number of aromatic nitrogens is 1. The van der Waals surface area contributed by atoms with Crippen LogP contribution in [0.3, 0.4) is 0 Å². The Labute approximate surface area is 174 Å². The molecule has 144 valence electrons. The number of halogens is 1. The lowest BCUT2D eigenvalue weighted by molar-refractivity contribution is -0.135. The maximum atomic E-state index is 12.5. The minimum atomic E-state index is 0.0421. The lowest BCUT2D eigenvalue weighted by Crippen LogP contribution is -2.47. The SMILES string of the molecule is CN(C(=O)COc1ccc(I)cc1)C1CCN(CCc2ccccn2)CC1. The third kappa shape index (κ3) is 6.17. The van der Waals surface area contributed by atoms with Crippen molar-refractivity contribution >= 4 is 28.5 Å². The Morgan fingerprint density at radius 2 is 1.96 bits per heavy atom. The van der Waals surface area contributed by atoms with E-state index in [1.807, 2.05) is 54.5 Å². The molecular formula is C21H26IN3O2. The Hall–Kier alpha value is -1.67. The first-order valence-electron chi connectivity index (χ1n) is 9.38. The predicted octanol–water partition coefficient (Wildman–Crippen LogP) is 3.23. The first-order valence-corrected chi connectivity index (χ1v) is 10.5. The summed E-state index contributed by atoms with van der Waals surface area (Å²) < 4.78 is 6.78.